The van der Waals surface area contributed by atoms with Crippen LogP contribution >= 0.6 is 0 Å². The van der Waals surface area contributed by atoms with E-state index >= 15 is 0 Å². The fraction of sp³-hybridized carbons (Fsp3) is 0.692. The topological polar surface area (TPSA) is 159 Å². The highest BCUT2D eigenvalue weighted by Crippen LogP contribution is 2.06. The van der Waals surface area contributed by atoms with E-state index < -0.39 is 42.4 Å². The number of hydrogen-bond donors (Lipinski definition) is 5. The van der Waals surface area contributed by atoms with Gasteiger partial charge < -0.3 is 26.6 Å². The summed E-state index contributed by atoms with van der Waals surface area (Å²) in [7, 11) is 0. The molecule has 2 atom stereocenters. The number of carbonyl (C=O) groups excluding carboxylic acids is 2. The SMILES string of the molecule is CC(C)C[C@H](NC(=O)[C@@H](N)CCC(=O)O)C(=O)NCC(=O)O. The van der Waals surface area contributed by atoms with Crippen molar-refractivity contribution < 1.29 is 29.4 Å². The fourth-order valence-electron chi connectivity index (χ4n) is 1.68. The minimum atomic E-state index is -1.19. The molecular formula is C13H23N3O6. The van der Waals surface area contributed by atoms with Gasteiger partial charge in [0.05, 0.1) is 6.04 Å². The highest BCUT2D eigenvalue weighted by atomic mass is 16.4. The third-order valence-corrected chi connectivity index (χ3v) is 2.76. The van der Waals surface area contributed by atoms with Crippen molar-refractivity contribution in [3.05, 3.63) is 0 Å². The minimum absolute atomic E-state index is 0.0493. The van der Waals surface area contributed by atoms with Gasteiger partial charge in [-0.3, -0.25) is 19.2 Å². The molecule has 0 aromatic rings. The Balaban J connectivity index is 4.62. The number of hydrogen-bond acceptors (Lipinski definition) is 5. The van der Waals surface area contributed by atoms with E-state index in [-0.39, 0.29) is 18.8 Å². The molecule has 0 rings (SSSR count). The Bertz CT molecular complexity index is 424. The average Bonchev–Trinajstić information content (AvgIpc) is 2.40. The standard InChI is InChI=1S/C13H23N3O6/c1-7(2)5-9(13(22)15-6-11(19)20)16-12(21)8(14)3-4-10(17)18/h7-9H,3-6,14H2,1-2H3,(H,15,22)(H,16,21)(H,17,18)(H,19,20)/t8-,9-/m0/s1. The van der Waals surface area contributed by atoms with Crippen molar-refractivity contribution in [1.82, 2.24) is 10.6 Å². The van der Waals surface area contributed by atoms with E-state index in [9.17, 15) is 19.2 Å². The molecule has 0 fully saturated rings. The van der Waals surface area contributed by atoms with Gasteiger partial charge in [0.15, 0.2) is 0 Å². The maximum Gasteiger partial charge on any atom is 0.322 e. The lowest BCUT2D eigenvalue weighted by Gasteiger charge is -2.21. The van der Waals surface area contributed by atoms with Crippen LogP contribution in [0.25, 0.3) is 0 Å². The molecule has 0 spiro atoms. The number of aliphatic carboxylic acids is 2. The first kappa shape index (κ1) is 19.8. The van der Waals surface area contributed by atoms with Crippen LogP contribution in [0.2, 0.25) is 0 Å². The van der Waals surface area contributed by atoms with Gasteiger partial charge in [0, 0.05) is 6.42 Å². The Kier molecular flexibility index (Phi) is 8.76. The smallest absolute Gasteiger partial charge is 0.322 e. The maximum atomic E-state index is 11.9. The van der Waals surface area contributed by atoms with Crippen molar-refractivity contribution in [2.24, 2.45) is 11.7 Å². The van der Waals surface area contributed by atoms with Crippen molar-refractivity contribution in [1.29, 1.82) is 0 Å². The van der Waals surface area contributed by atoms with Gasteiger partial charge >= 0.3 is 11.9 Å². The normalized spacial score (nSPS) is 13.3. The van der Waals surface area contributed by atoms with Crippen LogP contribution in [0.3, 0.4) is 0 Å². The van der Waals surface area contributed by atoms with Gasteiger partial charge in [-0.25, -0.2) is 0 Å². The number of carboxylic acid groups (broad SMARTS) is 2. The third kappa shape index (κ3) is 8.90. The van der Waals surface area contributed by atoms with Gasteiger partial charge in [0.25, 0.3) is 0 Å². The van der Waals surface area contributed by atoms with E-state index in [0.29, 0.717) is 6.42 Å². The Hall–Kier alpha value is -2.16. The van der Waals surface area contributed by atoms with Crippen LogP contribution < -0.4 is 16.4 Å². The molecular weight excluding hydrogens is 294 g/mol. The lowest BCUT2D eigenvalue weighted by atomic mass is 10.0. The monoisotopic (exact) mass is 317 g/mol. The van der Waals surface area contributed by atoms with Gasteiger partial charge in [-0.2, -0.15) is 0 Å². The lowest BCUT2D eigenvalue weighted by molar-refractivity contribution is -0.138. The van der Waals surface area contributed by atoms with Crippen LogP contribution in [0.4, 0.5) is 0 Å². The van der Waals surface area contributed by atoms with Crippen LogP contribution in [0, 0.1) is 5.92 Å². The summed E-state index contributed by atoms with van der Waals surface area (Å²) in [6.45, 7) is 3.14. The van der Waals surface area contributed by atoms with E-state index in [1.54, 1.807) is 0 Å². The number of amides is 2. The Morgan fingerprint density at radius 1 is 1.05 bits per heavy atom. The summed E-state index contributed by atoms with van der Waals surface area (Å²) >= 11 is 0. The van der Waals surface area contributed by atoms with Crippen molar-refractivity contribution in [3.8, 4) is 0 Å². The second-order valence-corrected chi connectivity index (χ2v) is 5.34. The quantitative estimate of drug-likeness (QED) is 0.342. The molecule has 126 valence electrons. The Morgan fingerprint density at radius 3 is 2.09 bits per heavy atom. The molecule has 2 amide bonds. The van der Waals surface area contributed by atoms with Crippen LogP contribution in [0.5, 0.6) is 0 Å². The maximum absolute atomic E-state index is 11.9. The predicted molar refractivity (Wildman–Crippen MR) is 76.9 cm³/mol. The number of carboxylic acids is 2. The fourth-order valence-corrected chi connectivity index (χ4v) is 1.68. The van der Waals surface area contributed by atoms with Crippen LogP contribution in [-0.4, -0.2) is 52.6 Å². The first-order valence-electron chi connectivity index (χ1n) is 6.90. The number of nitrogens with two attached hydrogens (primary N) is 1. The predicted octanol–water partition coefficient (Wildman–Crippen LogP) is -1.09. The number of carbonyl (C=O) groups is 4. The van der Waals surface area contributed by atoms with Gasteiger partial charge in [-0.05, 0) is 18.8 Å². The van der Waals surface area contributed by atoms with Gasteiger partial charge in [-0.1, -0.05) is 13.8 Å². The van der Waals surface area contributed by atoms with Crippen LogP contribution in [0.15, 0.2) is 0 Å². The highest BCUT2D eigenvalue weighted by Gasteiger charge is 2.25. The third-order valence-electron chi connectivity index (χ3n) is 2.76. The molecule has 0 heterocycles. The average molecular weight is 317 g/mol. The molecule has 9 heteroatoms. The van der Waals surface area contributed by atoms with Crippen molar-refractivity contribution >= 4 is 23.8 Å². The molecule has 0 radical (unpaired) electrons. The summed E-state index contributed by atoms with van der Waals surface area (Å²) in [5.74, 6) is -3.44. The van der Waals surface area contributed by atoms with Gasteiger partial charge in [0.1, 0.15) is 12.6 Å². The zero-order valence-corrected chi connectivity index (χ0v) is 12.7. The molecule has 6 N–H and O–H groups in total. The summed E-state index contributed by atoms with van der Waals surface area (Å²) in [6.07, 6.45) is 0.00377. The second-order valence-electron chi connectivity index (χ2n) is 5.34. The van der Waals surface area contributed by atoms with Crippen LogP contribution in [0.1, 0.15) is 33.1 Å². The molecule has 0 aromatic carbocycles. The summed E-state index contributed by atoms with van der Waals surface area (Å²) in [4.78, 5) is 44.6. The highest BCUT2D eigenvalue weighted by molar-refractivity contribution is 5.91. The Labute approximate surface area is 128 Å². The molecule has 22 heavy (non-hydrogen) atoms. The van der Waals surface area contributed by atoms with E-state index in [1.807, 2.05) is 13.8 Å². The first-order valence-corrected chi connectivity index (χ1v) is 6.90. The minimum Gasteiger partial charge on any atom is -0.481 e. The van der Waals surface area contributed by atoms with Crippen molar-refractivity contribution in [2.75, 3.05) is 6.54 Å². The summed E-state index contributed by atoms with van der Waals surface area (Å²) in [5, 5.41) is 21.7. The van der Waals surface area contributed by atoms with E-state index in [2.05, 4.69) is 10.6 Å². The van der Waals surface area contributed by atoms with Gasteiger partial charge in [0.2, 0.25) is 11.8 Å². The molecule has 0 aliphatic carbocycles. The summed E-state index contributed by atoms with van der Waals surface area (Å²) < 4.78 is 0. The molecule has 0 saturated heterocycles. The van der Waals surface area contributed by atoms with E-state index in [1.165, 1.54) is 0 Å². The molecule has 0 unspecified atom stereocenters. The largest absolute Gasteiger partial charge is 0.481 e. The van der Waals surface area contributed by atoms with Crippen LogP contribution in [-0.2, 0) is 19.2 Å². The molecule has 0 saturated carbocycles. The zero-order valence-electron chi connectivity index (χ0n) is 12.7. The van der Waals surface area contributed by atoms with Crippen molar-refractivity contribution in [3.63, 3.8) is 0 Å². The lowest BCUT2D eigenvalue weighted by Crippen LogP contribution is -2.52. The molecule has 0 aromatic heterocycles. The molecule has 0 aliphatic rings. The zero-order chi connectivity index (χ0) is 17.3. The molecule has 9 nitrogen and oxygen atoms in total. The van der Waals surface area contributed by atoms with E-state index in [4.69, 9.17) is 15.9 Å². The summed E-state index contributed by atoms with van der Waals surface area (Å²) in [6, 6.07) is -1.96. The van der Waals surface area contributed by atoms with Gasteiger partial charge in [-0.15, -0.1) is 0 Å². The second kappa shape index (κ2) is 9.72. The Morgan fingerprint density at radius 2 is 1.64 bits per heavy atom. The number of nitrogens with one attached hydrogen (secondary N) is 2. The molecule has 0 bridgehead atoms. The number of rotatable bonds is 10. The molecule has 0 aliphatic heterocycles. The summed E-state index contributed by atoms with van der Waals surface area (Å²) in [5.41, 5.74) is 5.57. The van der Waals surface area contributed by atoms with Crippen molar-refractivity contribution in [2.45, 2.75) is 45.2 Å². The van der Waals surface area contributed by atoms with E-state index in [0.717, 1.165) is 0 Å². The first-order chi connectivity index (χ1) is 10.1.